The van der Waals surface area contributed by atoms with Crippen molar-refractivity contribution in [1.29, 1.82) is 0 Å². The van der Waals surface area contributed by atoms with Crippen LogP contribution >= 0.6 is 35.6 Å². The molecule has 4 atom stereocenters. The zero-order valence-electron chi connectivity index (χ0n) is 14.8. The third kappa shape index (κ3) is 3.16. The molecule has 1 saturated heterocycles. The van der Waals surface area contributed by atoms with Crippen molar-refractivity contribution in [2.24, 2.45) is 16.3 Å². The summed E-state index contributed by atoms with van der Waals surface area (Å²) >= 11 is 6.32. The molecule has 138 valence electrons. The molecule has 6 heteroatoms. The second-order valence-electron chi connectivity index (χ2n) is 7.41. The van der Waals surface area contributed by atoms with Crippen LogP contribution in [0.15, 0.2) is 29.3 Å². The van der Waals surface area contributed by atoms with E-state index in [0.29, 0.717) is 23.5 Å². The van der Waals surface area contributed by atoms with Crippen LogP contribution in [0.25, 0.3) is 0 Å². The maximum Gasteiger partial charge on any atom is 0.191 e. The Kier molecular flexibility index (Phi) is 5.85. The second-order valence-corrected chi connectivity index (χ2v) is 7.82. The summed E-state index contributed by atoms with van der Waals surface area (Å²) in [7, 11) is 1.84. The second kappa shape index (κ2) is 7.61. The van der Waals surface area contributed by atoms with Crippen molar-refractivity contribution in [2.45, 2.75) is 50.8 Å². The maximum absolute atomic E-state index is 6.32. The molecule has 0 aromatic heterocycles. The Morgan fingerprint density at radius 2 is 2.12 bits per heavy atom. The van der Waals surface area contributed by atoms with Crippen LogP contribution in [0.5, 0.6) is 0 Å². The molecule has 4 unspecified atom stereocenters. The molecule has 1 aromatic carbocycles. The lowest BCUT2D eigenvalue weighted by Gasteiger charge is -2.63. The largest absolute Gasteiger partial charge is 0.377 e. The van der Waals surface area contributed by atoms with E-state index < -0.39 is 0 Å². The minimum atomic E-state index is 0. The lowest BCUT2D eigenvalue weighted by molar-refractivity contribution is -0.171. The quantitative estimate of drug-likeness (QED) is 0.392. The van der Waals surface area contributed by atoms with Gasteiger partial charge in [0.15, 0.2) is 5.96 Å². The highest BCUT2D eigenvalue weighted by molar-refractivity contribution is 14.0. The molecule has 3 fully saturated rings. The van der Waals surface area contributed by atoms with Crippen molar-refractivity contribution in [1.82, 2.24) is 10.6 Å². The number of nitrogens with one attached hydrogen (secondary N) is 2. The van der Waals surface area contributed by atoms with Crippen molar-refractivity contribution >= 4 is 41.5 Å². The predicted octanol–water partition coefficient (Wildman–Crippen LogP) is 4.14. The Morgan fingerprint density at radius 3 is 2.76 bits per heavy atom. The monoisotopic (exact) mass is 475 g/mol. The molecule has 3 aliphatic rings. The number of fused-ring (bicyclic) bond motifs is 2. The van der Waals surface area contributed by atoms with Crippen molar-refractivity contribution in [2.75, 3.05) is 13.7 Å². The Balaban J connectivity index is 0.00000182. The first-order valence-electron chi connectivity index (χ1n) is 9.01. The van der Waals surface area contributed by atoms with E-state index in [4.69, 9.17) is 16.3 Å². The number of hydrogen-bond donors (Lipinski definition) is 2. The molecule has 0 radical (unpaired) electrons. The maximum atomic E-state index is 6.32. The number of ether oxygens (including phenoxy) is 1. The van der Waals surface area contributed by atoms with Gasteiger partial charge in [0.25, 0.3) is 0 Å². The van der Waals surface area contributed by atoms with Crippen LogP contribution in [0, 0.1) is 11.3 Å². The van der Waals surface area contributed by atoms with Crippen LogP contribution in [0.3, 0.4) is 0 Å². The van der Waals surface area contributed by atoms with E-state index in [0.717, 1.165) is 23.2 Å². The van der Waals surface area contributed by atoms with Crippen molar-refractivity contribution < 1.29 is 4.74 Å². The summed E-state index contributed by atoms with van der Waals surface area (Å²) in [6.07, 6.45) is 5.53. The molecule has 2 saturated carbocycles. The van der Waals surface area contributed by atoms with Gasteiger partial charge < -0.3 is 15.4 Å². The third-order valence-electron chi connectivity index (χ3n) is 6.28. The predicted molar refractivity (Wildman–Crippen MR) is 113 cm³/mol. The summed E-state index contributed by atoms with van der Waals surface area (Å²) in [6.45, 7) is 3.03. The first-order chi connectivity index (χ1) is 11.7. The normalized spacial score (nSPS) is 30.5. The summed E-state index contributed by atoms with van der Waals surface area (Å²) in [5, 5.41) is 7.99. The van der Waals surface area contributed by atoms with Crippen molar-refractivity contribution in [3.05, 3.63) is 34.9 Å². The number of nitrogens with zero attached hydrogens (tertiary/aromatic N) is 1. The fourth-order valence-electron chi connectivity index (χ4n) is 4.88. The van der Waals surface area contributed by atoms with Crippen LogP contribution in [-0.4, -0.2) is 31.8 Å². The molecule has 4 rings (SSSR count). The summed E-state index contributed by atoms with van der Waals surface area (Å²) < 4.78 is 6.00. The summed E-state index contributed by atoms with van der Waals surface area (Å²) in [5.41, 5.74) is 1.45. The highest BCUT2D eigenvalue weighted by Crippen LogP contribution is 2.62. The third-order valence-corrected chi connectivity index (χ3v) is 6.62. The lowest BCUT2D eigenvalue weighted by atomic mass is 9.46. The van der Waals surface area contributed by atoms with Crippen LogP contribution in [-0.2, 0) is 4.74 Å². The molecule has 1 spiro atoms. The van der Waals surface area contributed by atoms with E-state index in [9.17, 15) is 0 Å². The summed E-state index contributed by atoms with van der Waals surface area (Å²) in [4.78, 5) is 4.45. The van der Waals surface area contributed by atoms with Gasteiger partial charge in [-0.15, -0.1) is 24.0 Å². The van der Waals surface area contributed by atoms with E-state index in [1.165, 1.54) is 25.7 Å². The molecule has 1 aliphatic heterocycles. The summed E-state index contributed by atoms with van der Waals surface area (Å²) in [6, 6.07) is 8.57. The van der Waals surface area contributed by atoms with E-state index >= 15 is 0 Å². The van der Waals surface area contributed by atoms with Crippen molar-refractivity contribution in [3.8, 4) is 0 Å². The first kappa shape index (κ1) is 19.2. The van der Waals surface area contributed by atoms with Gasteiger partial charge in [-0.25, -0.2) is 0 Å². The average molecular weight is 476 g/mol. The molecule has 2 N–H and O–H groups in total. The van der Waals surface area contributed by atoms with Gasteiger partial charge in [0.2, 0.25) is 0 Å². The molecule has 1 aromatic rings. The fourth-order valence-corrected chi connectivity index (χ4v) is 5.18. The van der Waals surface area contributed by atoms with E-state index in [1.807, 2.05) is 25.2 Å². The number of hydrogen-bond acceptors (Lipinski definition) is 2. The lowest BCUT2D eigenvalue weighted by Crippen LogP contribution is -2.72. The van der Waals surface area contributed by atoms with Gasteiger partial charge in [-0.2, -0.15) is 0 Å². The van der Waals surface area contributed by atoms with Gasteiger partial charge in [0.1, 0.15) is 0 Å². The molecule has 1 heterocycles. The van der Waals surface area contributed by atoms with Gasteiger partial charge in [-0.1, -0.05) is 36.2 Å². The molecular weight excluding hydrogens is 449 g/mol. The standard InChI is InChI=1S/C19H26ClN3O.HI/c1-12(13-6-3-4-7-15(13)20)22-18(21-2)23-16-14-8-11-24-17(14)19(16)9-5-10-19;/h3-4,6-7,12,14,16-17H,5,8-11H2,1-2H3,(H2,21,22,23);1H. The Morgan fingerprint density at radius 1 is 1.36 bits per heavy atom. The number of rotatable bonds is 3. The topological polar surface area (TPSA) is 45.7 Å². The van der Waals surface area contributed by atoms with Crippen LogP contribution in [0.4, 0.5) is 0 Å². The SMILES string of the molecule is CN=C(NC(C)c1ccccc1Cl)NC1C2CCOC2C12CCC2.I. The van der Waals surface area contributed by atoms with Gasteiger partial charge in [0.05, 0.1) is 12.1 Å². The summed E-state index contributed by atoms with van der Waals surface area (Å²) in [5.74, 6) is 1.50. The fraction of sp³-hybridized carbons (Fsp3) is 0.632. The van der Waals surface area contributed by atoms with Gasteiger partial charge in [-0.3, -0.25) is 4.99 Å². The van der Waals surface area contributed by atoms with Crippen LogP contribution in [0.1, 0.15) is 44.2 Å². The molecule has 25 heavy (non-hydrogen) atoms. The van der Waals surface area contributed by atoms with E-state index in [2.05, 4.69) is 28.6 Å². The molecule has 4 nitrogen and oxygen atoms in total. The molecule has 2 aliphatic carbocycles. The molecular formula is C19H27ClIN3O. The number of guanidine groups is 1. The minimum absolute atomic E-state index is 0. The Bertz CT molecular complexity index is 649. The number of benzene rings is 1. The zero-order chi connectivity index (χ0) is 16.7. The van der Waals surface area contributed by atoms with Gasteiger partial charge >= 0.3 is 0 Å². The van der Waals surface area contributed by atoms with Gasteiger partial charge in [-0.05, 0) is 37.8 Å². The van der Waals surface area contributed by atoms with E-state index in [-0.39, 0.29) is 30.0 Å². The minimum Gasteiger partial charge on any atom is -0.377 e. The smallest absolute Gasteiger partial charge is 0.191 e. The van der Waals surface area contributed by atoms with Crippen LogP contribution in [0.2, 0.25) is 5.02 Å². The van der Waals surface area contributed by atoms with E-state index in [1.54, 1.807) is 0 Å². The van der Waals surface area contributed by atoms with Gasteiger partial charge in [0, 0.05) is 36.1 Å². The van der Waals surface area contributed by atoms with Crippen molar-refractivity contribution in [3.63, 3.8) is 0 Å². The molecule has 0 amide bonds. The number of halogens is 2. The Labute approximate surface area is 172 Å². The molecule has 0 bridgehead atoms. The first-order valence-corrected chi connectivity index (χ1v) is 9.39. The van der Waals surface area contributed by atoms with Crippen LogP contribution < -0.4 is 10.6 Å². The number of aliphatic imine (C=N–C) groups is 1. The Hall–Kier alpha value is -0.530. The highest BCUT2D eigenvalue weighted by atomic mass is 127. The highest BCUT2D eigenvalue weighted by Gasteiger charge is 2.66. The zero-order valence-corrected chi connectivity index (χ0v) is 17.9. The average Bonchev–Trinajstić information content (AvgIpc) is 2.95.